The molecule has 0 aliphatic heterocycles. The molecular formula is C12H20O4. The number of hydrogen-bond acceptors (Lipinski definition) is 4. The average Bonchev–Trinajstić information content (AvgIpc) is 2.61. The highest BCUT2D eigenvalue weighted by molar-refractivity contribution is 5.19. The highest BCUT2D eigenvalue weighted by Gasteiger charge is 2.07. The normalized spacial score (nSPS) is 10.9. The fourth-order valence-electron chi connectivity index (χ4n) is 1.49. The molecule has 1 aromatic rings. The van der Waals surface area contributed by atoms with Crippen molar-refractivity contribution in [1.29, 1.82) is 0 Å². The topological polar surface area (TPSA) is 51.8 Å². The fourth-order valence-corrected chi connectivity index (χ4v) is 1.49. The maximum Gasteiger partial charge on any atom is 0.146 e. The first-order valence-corrected chi connectivity index (χ1v) is 5.53. The molecule has 1 N–H and O–H groups in total. The quantitative estimate of drug-likeness (QED) is 0.546. The predicted octanol–water partition coefficient (Wildman–Crippen LogP) is 2.02. The third-order valence-electron chi connectivity index (χ3n) is 2.34. The Balaban J connectivity index is 2.39. The van der Waals surface area contributed by atoms with Crippen molar-refractivity contribution >= 4 is 0 Å². The van der Waals surface area contributed by atoms with Crippen molar-refractivity contribution in [1.82, 2.24) is 0 Å². The van der Waals surface area contributed by atoms with Crippen LogP contribution in [0.2, 0.25) is 0 Å². The van der Waals surface area contributed by atoms with E-state index in [1.165, 1.54) is 0 Å². The Bertz CT molecular complexity index is 293. The van der Waals surface area contributed by atoms with Gasteiger partial charge in [0.15, 0.2) is 0 Å². The molecule has 0 radical (unpaired) electrons. The minimum absolute atomic E-state index is 0.240. The predicted molar refractivity (Wildman–Crippen MR) is 60.1 cm³/mol. The molecule has 4 heteroatoms. The summed E-state index contributed by atoms with van der Waals surface area (Å²) in [7, 11) is 1.59. The monoisotopic (exact) mass is 228 g/mol. The molecule has 1 rings (SSSR count). The van der Waals surface area contributed by atoms with E-state index >= 15 is 0 Å². The van der Waals surface area contributed by atoms with E-state index in [0.717, 1.165) is 36.3 Å². The highest BCUT2D eigenvalue weighted by Crippen LogP contribution is 2.17. The van der Waals surface area contributed by atoms with Crippen LogP contribution in [0.25, 0.3) is 0 Å². The first-order valence-electron chi connectivity index (χ1n) is 5.53. The second kappa shape index (κ2) is 7.44. The molecule has 1 heterocycles. The summed E-state index contributed by atoms with van der Waals surface area (Å²) in [6.07, 6.45) is 2.63. The minimum atomic E-state index is 0.240. The van der Waals surface area contributed by atoms with Crippen LogP contribution in [0.1, 0.15) is 29.9 Å². The van der Waals surface area contributed by atoms with Gasteiger partial charge in [-0.25, -0.2) is 0 Å². The molecule has 0 saturated heterocycles. The Hall–Kier alpha value is -0.840. The van der Waals surface area contributed by atoms with Gasteiger partial charge in [-0.2, -0.15) is 0 Å². The van der Waals surface area contributed by atoms with E-state index in [1.54, 1.807) is 7.11 Å². The zero-order chi connectivity index (χ0) is 11.8. The summed E-state index contributed by atoms with van der Waals surface area (Å²) in [5, 5.41) is 8.68. The summed E-state index contributed by atoms with van der Waals surface area (Å²) in [5.74, 6) is 1.82. The Kier molecular flexibility index (Phi) is 6.15. The lowest BCUT2D eigenvalue weighted by Gasteiger charge is -2.00. The zero-order valence-electron chi connectivity index (χ0n) is 9.99. The molecule has 0 saturated carbocycles. The van der Waals surface area contributed by atoms with Gasteiger partial charge in [-0.05, 0) is 31.4 Å². The van der Waals surface area contributed by atoms with Gasteiger partial charge in [0.05, 0.1) is 0 Å². The smallest absolute Gasteiger partial charge is 0.146 e. The first-order chi connectivity index (χ1) is 7.77. The van der Waals surface area contributed by atoms with Crippen molar-refractivity contribution in [2.75, 3.05) is 20.5 Å². The van der Waals surface area contributed by atoms with Gasteiger partial charge in [-0.15, -0.1) is 0 Å². The summed E-state index contributed by atoms with van der Waals surface area (Å²) in [5.41, 5.74) is 1.11. The molecule has 0 aromatic carbocycles. The van der Waals surface area contributed by atoms with Gasteiger partial charge in [0.1, 0.15) is 24.9 Å². The van der Waals surface area contributed by atoms with Crippen molar-refractivity contribution < 1.29 is 19.0 Å². The molecule has 0 fully saturated rings. The van der Waals surface area contributed by atoms with E-state index in [9.17, 15) is 0 Å². The molecule has 0 unspecified atom stereocenters. The average molecular weight is 228 g/mol. The van der Waals surface area contributed by atoms with Crippen LogP contribution < -0.4 is 0 Å². The lowest BCUT2D eigenvalue weighted by atomic mass is 10.2. The van der Waals surface area contributed by atoms with Crippen molar-refractivity contribution in [3.63, 3.8) is 0 Å². The number of aliphatic hydroxyl groups excluding tert-OH is 1. The van der Waals surface area contributed by atoms with E-state index < -0.39 is 0 Å². The van der Waals surface area contributed by atoms with Crippen LogP contribution in [0.5, 0.6) is 0 Å². The maximum absolute atomic E-state index is 8.68. The van der Waals surface area contributed by atoms with E-state index in [1.807, 2.05) is 13.0 Å². The molecular weight excluding hydrogens is 208 g/mol. The lowest BCUT2D eigenvalue weighted by Crippen LogP contribution is -1.96. The van der Waals surface area contributed by atoms with Crippen LogP contribution in [0.15, 0.2) is 10.5 Å². The van der Waals surface area contributed by atoms with Gasteiger partial charge in [-0.3, -0.25) is 0 Å². The second-order valence-corrected chi connectivity index (χ2v) is 3.75. The third-order valence-corrected chi connectivity index (χ3v) is 2.34. The molecule has 0 aliphatic carbocycles. The van der Waals surface area contributed by atoms with E-state index in [-0.39, 0.29) is 13.4 Å². The molecule has 4 nitrogen and oxygen atoms in total. The molecule has 92 valence electrons. The second-order valence-electron chi connectivity index (χ2n) is 3.75. The van der Waals surface area contributed by atoms with Crippen LogP contribution in [-0.2, 0) is 22.5 Å². The summed E-state index contributed by atoms with van der Waals surface area (Å²) in [4.78, 5) is 0. The summed E-state index contributed by atoms with van der Waals surface area (Å²) >= 11 is 0. The Labute approximate surface area is 96.2 Å². The molecule has 1 aromatic heterocycles. The highest BCUT2D eigenvalue weighted by atomic mass is 16.7. The Morgan fingerprint density at radius 1 is 1.38 bits per heavy atom. The number of ether oxygens (including phenoxy) is 2. The standard InChI is InChI=1S/C12H20O4/c1-10-7-11(5-3-4-6-13)16-12(10)8-15-9-14-2/h7,13H,3-6,8-9H2,1-2H3. The lowest BCUT2D eigenvalue weighted by molar-refractivity contribution is -0.0444. The van der Waals surface area contributed by atoms with E-state index in [0.29, 0.717) is 6.61 Å². The van der Waals surface area contributed by atoms with E-state index in [4.69, 9.17) is 19.0 Å². The molecule has 16 heavy (non-hydrogen) atoms. The number of furan rings is 1. The Morgan fingerprint density at radius 2 is 2.19 bits per heavy atom. The maximum atomic E-state index is 8.68. The van der Waals surface area contributed by atoms with Crippen LogP contribution in [-0.4, -0.2) is 25.6 Å². The van der Waals surface area contributed by atoms with E-state index in [2.05, 4.69) is 0 Å². The van der Waals surface area contributed by atoms with Gasteiger partial charge in [0.25, 0.3) is 0 Å². The molecule has 0 spiro atoms. The number of aryl methyl sites for hydroxylation is 2. The van der Waals surface area contributed by atoms with Crippen LogP contribution in [0, 0.1) is 6.92 Å². The van der Waals surface area contributed by atoms with Crippen LogP contribution in [0.4, 0.5) is 0 Å². The SMILES string of the molecule is COCOCc1oc(CCCCO)cc1C. The van der Waals surface area contributed by atoms with Crippen molar-refractivity contribution in [2.24, 2.45) is 0 Å². The summed E-state index contributed by atoms with van der Waals surface area (Å²) in [6.45, 7) is 2.97. The van der Waals surface area contributed by atoms with Gasteiger partial charge in [0, 0.05) is 20.1 Å². The summed E-state index contributed by atoms with van der Waals surface area (Å²) < 4.78 is 15.7. The molecule has 0 atom stereocenters. The van der Waals surface area contributed by atoms with Gasteiger partial charge >= 0.3 is 0 Å². The van der Waals surface area contributed by atoms with Gasteiger partial charge < -0.3 is 19.0 Å². The van der Waals surface area contributed by atoms with Gasteiger partial charge in [0.2, 0.25) is 0 Å². The largest absolute Gasteiger partial charge is 0.463 e. The number of hydrogen-bond donors (Lipinski definition) is 1. The number of rotatable bonds is 8. The number of unbranched alkanes of at least 4 members (excludes halogenated alkanes) is 1. The number of aliphatic hydroxyl groups is 1. The minimum Gasteiger partial charge on any atom is -0.463 e. The third kappa shape index (κ3) is 4.35. The van der Waals surface area contributed by atoms with Crippen molar-refractivity contribution in [3.8, 4) is 0 Å². The van der Waals surface area contributed by atoms with Gasteiger partial charge in [-0.1, -0.05) is 0 Å². The Morgan fingerprint density at radius 3 is 2.88 bits per heavy atom. The number of methoxy groups -OCH3 is 1. The van der Waals surface area contributed by atoms with Crippen molar-refractivity contribution in [3.05, 3.63) is 23.2 Å². The molecule has 0 bridgehead atoms. The first kappa shape index (κ1) is 13.2. The molecule has 0 aliphatic rings. The fraction of sp³-hybridized carbons (Fsp3) is 0.667. The van der Waals surface area contributed by atoms with Crippen LogP contribution >= 0.6 is 0 Å². The van der Waals surface area contributed by atoms with Crippen LogP contribution in [0.3, 0.4) is 0 Å². The van der Waals surface area contributed by atoms with Crippen molar-refractivity contribution in [2.45, 2.75) is 32.8 Å². The zero-order valence-corrected chi connectivity index (χ0v) is 9.99. The molecule has 0 amide bonds. The summed E-state index contributed by atoms with van der Waals surface area (Å²) in [6, 6.07) is 2.03.